The minimum absolute atomic E-state index is 0.250. The van der Waals surface area contributed by atoms with Crippen LogP contribution in [0.15, 0.2) is 55.1 Å². The van der Waals surface area contributed by atoms with Gasteiger partial charge in [0.2, 0.25) is 0 Å². The first-order chi connectivity index (χ1) is 9.32. The van der Waals surface area contributed by atoms with E-state index < -0.39 is 0 Å². The Morgan fingerprint density at radius 1 is 0.750 bits per heavy atom. The molecule has 0 aliphatic heterocycles. The van der Waals surface area contributed by atoms with Gasteiger partial charge in [0.25, 0.3) is 0 Å². The molecule has 106 valence electrons. The third-order valence-electron chi connectivity index (χ3n) is 3.23. The Hall–Kier alpha value is -1.82. The first-order valence-corrected chi connectivity index (χ1v) is 7.09. The van der Waals surface area contributed by atoms with Gasteiger partial charge in [-0.05, 0) is 30.4 Å². The lowest BCUT2D eigenvalue weighted by molar-refractivity contribution is 0.590. The Labute approximate surface area is 124 Å². The van der Waals surface area contributed by atoms with E-state index in [1.807, 2.05) is 6.08 Å². The molecule has 0 nitrogen and oxygen atoms in total. The summed E-state index contributed by atoms with van der Waals surface area (Å²) in [7, 11) is 0. The van der Waals surface area contributed by atoms with Crippen molar-refractivity contribution in [3.63, 3.8) is 0 Å². The SMILES string of the molecule is C=Cc1ccc(C(C)(C)C)cc1.Cc1ccc(C)cc1. The maximum atomic E-state index is 3.72. The maximum Gasteiger partial charge on any atom is -0.0132 e. The van der Waals surface area contributed by atoms with Crippen LogP contribution in [-0.2, 0) is 5.41 Å². The van der Waals surface area contributed by atoms with Crippen molar-refractivity contribution in [1.29, 1.82) is 0 Å². The molecule has 2 rings (SSSR count). The Balaban J connectivity index is 0.000000217. The molecule has 0 heterocycles. The molecule has 20 heavy (non-hydrogen) atoms. The Morgan fingerprint density at radius 3 is 1.45 bits per heavy atom. The molecule has 0 radical (unpaired) electrons. The molecule has 0 saturated carbocycles. The summed E-state index contributed by atoms with van der Waals surface area (Å²) in [5.41, 5.74) is 5.46. The van der Waals surface area contributed by atoms with E-state index in [2.05, 4.69) is 89.7 Å². The molecule has 0 aliphatic carbocycles. The summed E-state index contributed by atoms with van der Waals surface area (Å²) in [5.74, 6) is 0. The molecule has 0 heteroatoms. The van der Waals surface area contributed by atoms with Gasteiger partial charge in [-0.25, -0.2) is 0 Å². The van der Waals surface area contributed by atoms with Crippen LogP contribution in [0.2, 0.25) is 0 Å². The van der Waals surface area contributed by atoms with Crippen molar-refractivity contribution in [1.82, 2.24) is 0 Å². The quantitative estimate of drug-likeness (QED) is 0.600. The van der Waals surface area contributed by atoms with E-state index in [4.69, 9.17) is 0 Å². The van der Waals surface area contributed by atoms with Gasteiger partial charge in [0.05, 0.1) is 0 Å². The highest BCUT2D eigenvalue weighted by Crippen LogP contribution is 2.22. The fourth-order valence-electron chi connectivity index (χ4n) is 1.76. The first kappa shape index (κ1) is 16.2. The minimum atomic E-state index is 0.250. The van der Waals surface area contributed by atoms with E-state index in [1.165, 1.54) is 22.3 Å². The average molecular weight is 266 g/mol. The molecular formula is C20H26. The van der Waals surface area contributed by atoms with Gasteiger partial charge < -0.3 is 0 Å². The number of benzene rings is 2. The van der Waals surface area contributed by atoms with Gasteiger partial charge in [-0.2, -0.15) is 0 Å². The van der Waals surface area contributed by atoms with Gasteiger partial charge in [0.1, 0.15) is 0 Å². The van der Waals surface area contributed by atoms with E-state index in [9.17, 15) is 0 Å². The summed E-state index contributed by atoms with van der Waals surface area (Å²) in [5, 5.41) is 0. The fraction of sp³-hybridized carbons (Fsp3) is 0.300. The summed E-state index contributed by atoms with van der Waals surface area (Å²) in [6.07, 6.45) is 1.87. The van der Waals surface area contributed by atoms with Gasteiger partial charge in [-0.3, -0.25) is 0 Å². The molecule has 0 unspecified atom stereocenters. The van der Waals surface area contributed by atoms with Crippen LogP contribution in [0.3, 0.4) is 0 Å². The van der Waals surface area contributed by atoms with Gasteiger partial charge in [0.15, 0.2) is 0 Å². The molecule has 0 atom stereocenters. The van der Waals surface area contributed by atoms with Crippen molar-refractivity contribution in [3.05, 3.63) is 77.4 Å². The highest BCUT2D eigenvalue weighted by atomic mass is 14.2. The predicted octanol–water partition coefficient (Wildman–Crippen LogP) is 5.93. The van der Waals surface area contributed by atoms with Crippen molar-refractivity contribution in [2.24, 2.45) is 0 Å². The maximum absolute atomic E-state index is 3.72. The lowest BCUT2D eigenvalue weighted by atomic mass is 9.87. The molecule has 0 aliphatic rings. The van der Waals surface area contributed by atoms with Crippen LogP contribution < -0.4 is 0 Å². The van der Waals surface area contributed by atoms with Crippen molar-refractivity contribution in [3.8, 4) is 0 Å². The first-order valence-electron chi connectivity index (χ1n) is 7.09. The predicted molar refractivity (Wildman–Crippen MR) is 91.1 cm³/mol. The molecule has 0 spiro atoms. The zero-order valence-corrected chi connectivity index (χ0v) is 13.4. The molecule has 2 aromatic carbocycles. The summed E-state index contributed by atoms with van der Waals surface area (Å²) in [6, 6.07) is 17.0. The lowest BCUT2D eigenvalue weighted by Gasteiger charge is -2.18. The second-order valence-corrected chi connectivity index (χ2v) is 6.23. The van der Waals surface area contributed by atoms with Crippen LogP contribution in [0.1, 0.15) is 43.0 Å². The van der Waals surface area contributed by atoms with Crippen LogP contribution >= 0.6 is 0 Å². The van der Waals surface area contributed by atoms with Crippen LogP contribution in [0, 0.1) is 13.8 Å². The van der Waals surface area contributed by atoms with Crippen LogP contribution in [0.4, 0.5) is 0 Å². The van der Waals surface area contributed by atoms with Crippen molar-refractivity contribution >= 4 is 6.08 Å². The lowest BCUT2D eigenvalue weighted by Crippen LogP contribution is -2.10. The normalized spacial score (nSPS) is 10.4. The van der Waals surface area contributed by atoms with Crippen molar-refractivity contribution in [2.45, 2.75) is 40.0 Å². The standard InChI is InChI=1S/C12H16.C8H10/c1-5-10-6-8-11(9-7-10)12(2,3)4;1-7-3-5-8(2)6-4-7/h5-9H,1H2,2-4H3;3-6H,1-2H3. The second-order valence-electron chi connectivity index (χ2n) is 6.23. The minimum Gasteiger partial charge on any atom is -0.0985 e. The van der Waals surface area contributed by atoms with Crippen LogP contribution in [0.25, 0.3) is 6.08 Å². The largest absolute Gasteiger partial charge is 0.0985 e. The van der Waals surface area contributed by atoms with Crippen LogP contribution in [0.5, 0.6) is 0 Å². The zero-order valence-electron chi connectivity index (χ0n) is 13.4. The summed E-state index contributed by atoms with van der Waals surface area (Å²) in [4.78, 5) is 0. The van der Waals surface area contributed by atoms with Crippen molar-refractivity contribution in [2.75, 3.05) is 0 Å². The van der Waals surface area contributed by atoms with Gasteiger partial charge in [-0.15, -0.1) is 0 Å². The van der Waals surface area contributed by atoms with Gasteiger partial charge in [0, 0.05) is 0 Å². The van der Waals surface area contributed by atoms with Crippen molar-refractivity contribution < 1.29 is 0 Å². The summed E-state index contributed by atoms with van der Waals surface area (Å²) >= 11 is 0. The second kappa shape index (κ2) is 7.09. The van der Waals surface area contributed by atoms with E-state index in [1.54, 1.807) is 0 Å². The topological polar surface area (TPSA) is 0 Å². The van der Waals surface area contributed by atoms with E-state index in [0.717, 1.165) is 0 Å². The Kier molecular flexibility index (Phi) is 5.76. The van der Waals surface area contributed by atoms with E-state index in [0.29, 0.717) is 0 Å². The highest BCUT2D eigenvalue weighted by molar-refractivity contribution is 5.47. The summed E-state index contributed by atoms with van der Waals surface area (Å²) < 4.78 is 0. The Morgan fingerprint density at radius 2 is 1.15 bits per heavy atom. The third kappa shape index (κ3) is 5.44. The molecule has 0 amide bonds. The molecule has 0 N–H and O–H groups in total. The Bertz CT molecular complexity index is 501. The number of rotatable bonds is 1. The number of hydrogen-bond donors (Lipinski definition) is 0. The monoisotopic (exact) mass is 266 g/mol. The zero-order chi connectivity index (χ0) is 15.2. The molecular weight excluding hydrogens is 240 g/mol. The smallest absolute Gasteiger partial charge is 0.0132 e. The third-order valence-corrected chi connectivity index (χ3v) is 3.23. The highest BCUT2D eigenvalue weighted by Gasteiger charge is 2.12. The number of aryl methyl sites for hydroxylation is 2. The fourth-order valence-corrected chi connectivity index (χ4v) is 1.76. The molecule has 0 bridgehead atoms. The molecule has 0 fully saturated rings. The van der Waals surface area contributed by atoms with Gasteiger partial charge >= 0.3 is 0 Å². The molecule has 0 aromatic heterocycles. The molecule has 2 aromatic rings. The van der Waals surface area contributed by atoms with E-state index >= 15 is 0 Å². The molecule has 0 saturated heterocycles. The summed E-state index contributed by atoms with van der Waals surface area (Å²) in [6.45, 7) is 14.6. The van der Waals surface area contributed by atoms with E-state index in [-0.39, 0.29) is 5.41 Å². The number of hydrogen-bond acceptors (Lipinski definition) is 0. The van der Waals surface area contributed by atoms with Crippen LogP contribution in [-0.4, -0.2) is 0 Å². The van der Waals surface area contributed by atoms with Gasteiger partial charge in [-0.1, -0.05) is 93.1 Å². The average Bonchev–Trinajstić information content (AvgIpc) is 2.42.